The summed E-state index contributed by atoms with van der Waals surface area (Å²) in [6.45, 7) is 7.15. The largest absolute Gasteiger partial charge is 0.508 e. The Morgan fingerprint density at radius 1 is 1.57 bits per heavy atom. The van der Waals surface area contributed by atoms with E-state index in [1.165, 1.54) is 29.0 Å². The second kappa shape index (κ2) is 5.78. The zero-order valence-electron chi connectivity index (χ0n) is 11.9. The number of allylic oxidation sites excluding steroid dienone is 1. The molecular weight excluding hydrogens is 273 g/mol. The highest BCUT2D eigenvalue weighted by atomic mass is 19.1. The summed E-state index contributed by atoms with van der Waals surface area (Å²) >= 11 is 0. The highest BCUT2D eigenvalue weighted by molar-refractivity contribution is 5.79. The molecule has 1 aromatic heterocycles. The quantitative estimate of drug-likeness (QED) is 0.848. The van der Waals surface area contributed by atoms with Gasteiger partial charge >= 0.3 is 5.69 Å². The van der Waals surface area contributed by atoms with Crippen molar-refractivity contribution in [3.8, 4) is 5.75 Å². The van der Waals surface area contributed by atoms with Crippen molar-refractivity contribution in [2.24, 2.45) is 4.99 Å². The number of hydrogen-bond donors (Lipinski definition) is 2. The predicted octanol–water partition coefficient (Wildman–Crippen LogP) is 2.33. The number of aromatic hydroxyl groups is 1. The van der Waals surface area contributed by atoms with E-state index >= 15 is 0 Å². The van der Waals surface area contributed by atoms with Crippen molar-refractivity contribution in [2.45, 2.75) is 20.4 Å². The van der Waals surface area contributed by atoms with Gasteiger partial charge in [-0.25, -0.2) is 9.18 Å². The lowest BCUT2D eigenvalue weighted by atomic mass is 10.2. The molecule has 0 saturated heterocycles. The normalized spacial score (nSPS) is 11.2. The Morgan fingerprint density at radius 2 is 2.29 bits per heavy atom. The minimum atomic E-state index is -0.475. The first-order valence-corrected chi connectivity index (χ1v) is 6.35. The highest BCUT2D eigenvalue weighted by Gasteiger charge is 2.11. The van der Waals surface area contributed by atoms with Crippen LogP contribution in [0, 0.1) is 12.7 Å². The molecule has 0 bridgehead atoms. The lowest BCUT2D eigenvalue weighted by Crippen LogP contribution is -2.19. The maximum Gasteiger partial charge on any atom is 0.326 e. The zero-order chi connectivity index (χ0) is 15.6. The smallest absolute Gasteiger partial charge is 0.326 e. The molecule has 21 heavy (non-hydrogen) atoms. The molecule has 0 atom stereocenters. The lowest BCUT2D eigenvalue weighted by Gasteiger charge is -2.06. The molecule has 0 aliphatic carbocycles. The molecule has 0 unspecified atom stereocenters. The van der Waals surface area contributed by atoms with Gasteiger partial charge in [0.2, 0.25) is 0 Å². The van der Waals surface area contributed by atoms with Crippen molar-refractivity contribution in [3.05, 3.63) is 63.7 Å². The summed E-state index contributed by atoms with van der Waals surface area (Å²) in [5, 5.41) is 9.41. The summed E-state index contributed by atoms with van der Waals surface area (Å²) in [5.74, 6) is -0.519. The number of aliphatic imine (C=N–C) groups is 1. The molecule has 5 nitrogen and oxygen atoms in total. The van der Waals surface area contributed by atoms with Crippen LogP contribution in [0.3, 0.4) is 0 Å². The number of H-pyrrole nitrogens is 1. The minimum Gasteiger partial charge on any atom is -0.508 e. The van der Waals surface area contributed by atoms with E-state index in [0.29, 0.717) is 17.1 Å². The zero-order valence-corrected chi connectivity index (χ0v) is 11.9. The number of phenolic OH excluding ortho intramolecular Hbond substituents is 1. The average Bonchev–Trinajstić information content (AvgIpc) is 2.68. The van der Waals surface area contributed by atoms with Gasteiger partial charge in [0, 0.05) is 17.0 Å². The first-order valence-electron chi connectivity index (χ1n) is 6.35. The summed E-state index contributed by atoms with van der Waals surface area (Å²) in [4.78, 5) is 18.6. The van der Waals surface area contributed by atoms with Crippen molar-refractivity contribution in [1.82, 2.24) is 9.55 Å². The van der Waals surface area contributed by atoms with Crippen LogP contribution in [0.15, 0.2) is 40.3 Å². The summed E-state index contributed by atoms with van der Waals surface area (Å²) in [5.41, 5.74) is 1.67. The first-order chi connectivity index (χ1) is 9.88. The van der Waals surface area contributed by atoms with E-state index in [4.69, 9.17) is 0 Å². The second-order valence-corrected chi connectivity index (χ2v) is 4.78. The van der Waals surface area contributed by atoms with Gasteiger partial charge in [0.1, 0.15) is 11.6 Å². The Hall–Kier alpha value is -2.63. The van der Waals surface area contributed by atoms with Crippen LogP contribution in [0.25, 0.3) is 0 Å². The molecule has 6 heteroatoms. The van der Waals surface area contributed by atoms with Crippen LogP contribution in [0.5, 0.6) is 5.75 Å². The number of imidazole rings is 1. The maximum atomic E-state index is 13.7. The topological polar surface area (TPSA) is 70.4 Å². The number of rotatable bonds is 4. The number of benzene rings is 1. The van der Waals surface area contributed by atoms with Crippen molar-refractivity contribution in [2.75, 3.05) is 0 Å². The van der Waals surface area contributed by atoms with Crippen molar-refractivity contribution >= 4 is 6.21 Å². The third-order valence-electron chi connectivity index (χ3n) is 3.05. The fraction of sp³-hybridized carbons (Fsp3) is 0.200. The summed E-state index contributed by atoms with van der Waals surface area (Å²) in [6, 6.07) is 3.73. The molecule has 2 N–H and O–H groups in total. The summed E-state index contributed by atoms with van der Waals surface area (Å²) in [7, 11) is 0. The van der Waals surface area contributed by atoms with Gasteiger partial charge < -0.3 is 10.1 Å². The summed E-state index contributed by atoms with van der Waals surface area (Å²) in [6.07, 6.45) is 1.51. The van der Waals surface area contributed by atoms with Gasteiger partial charge in [-0.2, -0.15) is 0 Å². The van der Waals surface area contributed by atoms with E-state index < -0.39 is 5.82 Å². The highest BCUT2D eigenvalue weighted by Crippen LogP contribution is 2.16. The van der Waals surface area contributed by atoms with Gasteiger partial charge in [0.15, 0.2) is 0 Å². The SMILES string of the molecule is C=C(C)N=Cc1[nH]c(=O)n(Cc2cc(O)ccc2F)c1C. The number of phenols is 1. The Bertz CT molecular complexity index is 772. The number of aromatic nitrogens is 2. The second-order valence-electron chi connectivity index (χ2n) is 4.78. The van der Waals surface area contributed by atoms with E-state index in [0.717, 1.165) is 0 Å². The maximum absolute atomic E-state index is 13.7. The first kappa shape index (κ1) is 14.8. The van der Waals surface area contributed by atoms with E-state index in [2.05, 4.69) is 16.6 Å². The molecule has 0 saturated carbocycles. The number of nitrogens with one attached hydrogen (secondary N) is 1. The van der Waals surface area contributed by atoms with Crippen LogP contribution < -0.4 is 5.69 Å². The fourth-order valence-electron chi connectivity index (χ4n) is 1.91. The molecule has 0 spiro atoms. The molecule has 0 aliphatic rings. The molecule has 110 valence electrons. The van der Waals surface area contributed by atoms with E-state index in [-0.39, 0.29) is 23.5 Å². The van der Waals surface area contributed by atoms with Crippen LogP contribution >= 0.6 is 0 Å². The van der Waals surface area contributed by atoms with Gasteiger partial charge in [0.25, 0.3) is 0 Å². The number of aromatic amines is 1. The molecule has 0 fully saturated rings. The Morgan fingerprint density at radius 3 is 2.95 bits per heavy atom. The number of halogens is 1. The standard InChI is InChI=1S/C15H16FN3O2/c1-9(2)17-7-14-10(3)19(15(21)18-14)8-11-6-12(20)4-5-13(11)16/h4-7,20H,1,8H2,2-3H3,(H,18,21). The predicted molar refractivity (Wildman–Crippen MR) is 79.4 cm³/mol. The van der Waals surface area contributed by atoms with E-state index in [1.54, 1.807) is 13.8 Å². The van der Waals surface area contributed by atoms with Crippen molar-refractivity contribution in [3.63, 3.8) is 0 Å². The monoisotopic (exact) mass is 289 g/mol. The number of nitrogens with zero attached hydrogens (tertiary/aromatic N) is 2. The Balaban J connectivity index is 2.39. The van der Waals surface area contributed by atoms with Crippen LogP contribution in [-0.4, -0.2) is 20.9 Å². The molecule has 0 aliphatic heterocycles. The molecule has 0 radical (unpaired) electrons. The number of hydrogen-bond acceptors (Lipinski definition) is 3. The fourth-order valence-corrected chi connectivity index (χ4v) is 1.91. The molecule has 0 amide bonds. The van der Waals surface area contributed by atoms with Gasteiger partial charge in [-0.05, 0) is 32.0 Å². The average molecular weight is 289 g/mol. The molecule has 2 aromatic rings. The van der Waals surface area contributed by atoms with E-state index in [1.807, 2.05) is 0 Å². The molecule has 1 heterocycles. The summed E-state index contributed by atoms with van der Waals surface area (Å²) < 4.78 is 15.1. The van der Waals surface area contributed by atoms with Gasteiger partial charge in [-0.15, -0.1) is 0 Å². The third kappa shape index (κ3) is 3.28. The van der Waals surface area contributed by atoms with Crippen LogP contribution in [0.2, 0.25) is 0 Å². The Kier molecular flexibility index (Phi) is 4.07. The van der Waals surface area contributed by atoms with Crippen LogP contribution in [-0.2, 0) is 6.54 Å². The van der Waals surface area contributed by atoms with Crippen LogP contribution in [0.4, 0.5) is 4.39 Å². The van der Waals surface area contributed by atoms with Crippen LogP contribution in [0.1, 0.15) is 23.9 Å². The lowest BCUT2D eigenvalue weighted by molar-refractivity contribution is 0.470. The third-order valence-corrected chi connectivity index (χ3v) is 3.05. The van der Waals surface area contributed by atoms with Crippen molar-refractivity contribution in [1.29, 1.82) is 0 Å². The van der Waals surface area contributed by atoms with Gasteiger partial charge in [0.05, 0.1) is 18.5 Å². The Labute approximate surface area is 121 Å². The molecular formula is C15H16FN3O2. The van der Waals surface area contributed by atoms with E-state index in [9.17, 15) is 14.3 Å². The molecule has 2 rings (SSSR count). The van der Waals surface area contributed by atoms with Gasteiger partial charge in [-0.1, -0.05) is 6.58 Å². The van der Waals surface area contributed by atoms with Gasteiger partial charge in [-0.3, -0.25) is 9.56 Å². The minimum absolute atomic E-state index is 0.0301. The molecule has 1 aromatic carbocycles. The van der Waals surface area contributed by atoms with Crippen molar-refractivity contribution < 1.29 is 9.50 Å².